The first-order valence-electron chi connectivity index (χ1n) is 9.99. The topological polar surface area (TPSA) is 75.5 Å². The van der Waals surface area contributed by atoms with E-state index < -0.39 is 29.7 Å². The van der Waals surface area contributed by atoms with Crippen LogP contribution in [0.1, 0.15) is 30.5 Å². The van der Waals surface area contributed by atoms with Gasteiger partial charge in [0.25, 0.3) is 5.92 Å². The van der Waals surface area contributed by atoms with Crippen LogP contribution in [0, 0.1) is 0 Å². The highest BCUT2D eigenvalue weighted by atomic mass is 19.4. The Morgan fingerprint density at radius 2 is 1.84 bits per heavy atom. The van der Waals surface area contributed by atoms with Crippen LogP contribution >= 0.6 is 0 Å². The quantitative estimate of drug-likeness (QED) is 0.537. The Morgan fingerprint density at radius 1 is 1.09 bits per heavy atom. The van der Waals surface area contributed by atoms with E-state index in [1.54, 1.807) is 6.07 Å². The predicted molar refractivity (Wildman–Crippen MR) is 108 cm³/mol. The van der Waals surface area contributed by atoms with Gasteiger partial charge < -0.3 is 15.0 Å². The van der Waals surface area contributed by atoms with E-state index in [1.165, 1.54) is 4.90 Å². The van der Waals surface area contributed by atoms with Crippen molar-refractivity contribution in [1.82, 2.24) is 15.0 Å². The maximum atomic E-state index is 13.8. The number of hydrogen-bond donors (Lipinski definition) is 1. The van der Waals surface area contributed by atoms with Crippen molar-refractivity contribution < 1.29 is 26.7 Å². The zero-order valence-electron chi connectivity index (χ0n) is 17.0. The van der Waals surface area contributed by atoms with Crippen LogP contribution in [0.5, 0.6) is 0 Å². The monoisotopic (exact) mass is 456 g/mol. The van der Waals surface area contributed by atoms with Crippen LogP contribution in [0.15, 0.2) is 29.4 Å². The molecule has 0 unspecified atom stereocenters. The number of alkyl halides is 5. The Hall–Kier alpha value is -2.89. The third-order valence-electron chi connectivity index (χ3n) is 5.61. The molecule has 1 N–H and O–H groups in total. The van der Waals surface area contributed by atoms with E-state index in [-0.39, 0.29) is 30.5 Å². The van der Waals surface area contributed by atoms with Crippen LogP contribution in [0.3, 0.4) is 0 Å². The molecule has 2 fully saturated rings. The van der Waals surface area contributed by atoms with E-state index in [9.17, 15) is 22.0 Å². The molecule has 0 amide bonds. The van der Waals surface area contributed by atoms with Crippen molar-refractivity contribution in [3.8, 4) is 0 Å². The van der Waals surface area contributed by atoms with Gasteiger partial charge in [-0.05, 0) is 18.9 Å². The molecule has 2 aliphatic heterocycles. The first-order valence-corrected chi connectivity index (χ1v) is 9.99. The first kappa shape index (κ1) is 22.3. The number of hydrogen-bond acceptors (Lipinski definition) is 7. The molecule has 2 aromatic rings. The Kier molecular flexibility index (Phi) is 5.74. The highest BCUT2D eigenvalue weighted by molar-refractivity contribution is 5.56. The normalized spacial score (nSPS) is 20.2. The largest absolute Gasteiger partial charge is 0.416 e. The molecule has 0 saturated carbocycles. The number of ether oxygens (including phenoxy) is 1. The van der Waals surface area contributed by atoms with Crippen molar-refractivity contribution in [3.63, 3.8) is 0 Å². The van der Waals surface area contributed by atoms with Crippen molar-refractivity contribution in [2.24, 2.45) is 4.99 Å². The molecule has 32 heavy (non-hydrogen) atoms. The van der Waals surface area contributed by atoms with Crippen molar-refractivity contribution in [2.75, 3.05) is 36.5 Å². The molecule has 0 bridgehead atoms. The van der Waals surface area contributed by atoms with Crippen molar-refractivity contribution in [3.05, 3.63) is 35.7 Å². The Labute approximate surface area is 180 Å². The molecule has 2 aromatic heterocycles. The zero-order valence-corrected chi connectivity index (χ0v) is 17.0. The SMILES string of the molecule is C=NC1(c2cc(Nc3cc(C(F)(F)F)ccn3)nc(N3CCC(F)(F)C3)n2)CCOCC1. The van der Waals surface area contributed by atoms with Crippen LogP contribution in [-0.2, 0) is 16.5 Å². The lowest BCUT2D eigenvalue weighted by atomic mass is 9.87. The molecule has 0 aromatic carbocycles. The second-order valence-electron chi connectivity index (χ2n) is 7.82. The fourth-order valence-electron chi connectivity index (χ4n) is 3.80. The molecule has 4 heterocycles. The van der Waals surface area contributed by atoms with Gasteiger partial charge in [0.2, 0.25) is 5.95 Å². The van der Waals surface area contributed by atoms with Crippen molar-refractivity contribution >= 4 is 24.3 Å². The van der Waals surface area contributed by atoms with Gasteiger partial charge in [-0.15, -0.1) is 0 Å². The minimum atomic E-state index is -4.54. The Balaban J connectivity index is 1.73. The number of halogens is 5. The van der Waals surface area contributed by atoms with Gasteiger partial charge in [-0.3, -0.25) is 4.99 Å². The Morgan fingerprint density at radius 3 is 2.47 bits per heavy atom. The second-order valence-corrected chi connectivity index (χ2v) is 7.82. The maximum absolute atomic E-state index is 13.8. The first-order chi connectivity index (χ1) is 15.1. The van der Waals surface area contributed by atoms with Crippen LogP contribution in [0.25, 0.3) is 0 Å². The number of aromatic nitrogens is 3. The summed E-state index contributed by atoms with van der Waals surface area (Å²) in [4.78, 5) is 18.3. The van der Waals surface area contributed by atoms with Gasteiger partial charge in [-0.1, -0.05) is 0 Å². The molecule has 2 aliphatic rings. The van der Waals surface area contributed by atoms with E-state index in [1.807, 2.05) is 0 Å². The van der Waals surface area contributed by atoms with Gasteiger partial charge in [0, 0.05) is 51.3 Å². The van der Waals surface area contributed by atoms with Gasteiger partial charge in [0.15, 0.2) is 0 Å². The molecule has 172 valence electrons. The summed E-state index contributed by atoms with van der Waals surface area (Å²) in [6.07, 6.45) is -2.90. The van der Waals surface area contributed by atoms with Crippen LogP contribution in [0.2, 0.25) is 0 Å². The van der Waals surface area contributed by atoms with Crippen LogP contribution in [0.4, 0.5) is 39.5 Å². The minimum absolute atomic E-state index is 0.0451. The van der Waals surface area contributed by atoms with Gasteiger partial charge in [0.1, 0.15) is 17.2 Å². The summed E-state index contributed by atoms with van der Waals surface area (Å²) in [6, 6.07) is 3.24. The number of rotatable bonds is 5. The van der Waals surface area contributed by atoms with E-state index in [0.717, 1.165) is 18.3 Å². The lowest BCUT2D eigenvalue weighted by molar-refractivity contribution is -0.137. The molecular formula is C20H21F5N6O. The summed E-state index contributed by atoms with van der Waals surface area (Å²) in [5.74, 6) is -2.79. The highest BCUT2D eigenvalue weighted by Crippen LogP contribution is 2.38. The lowest BCUT2D eigenvalue weighted by Crippen LogP contribution is -2.34. The Bertz CT molecular complexity index is 993. The molecule has 7 nitrogen and oxygen atoms in total. The standard InChI is InChI=1S/C20H21F5N6O/c1-26-18(4-8-32-9-5-18)14-11-16(29-15-10-13(2-6-27-15)20(23,24)25)30-17(28-14)31-7-3-19(21,22)12-31/h2,6,10-11H,1,3-5,7-9,12H2,(H,27,28,29,30). The summed E-state index contributed by atoms with van der Waals surface area (Å²) in [5.41, 5.74) is -1.25. The highest BCUT2D eigenvalue weighted by Gasteiger charge is 2.41. The molecule has 0 spiro atoms. The average Bonchev–Trinajstić information content (AvgIpc) is 3.13. The smallest absolute Gasteiger partial charge is 0.381 e. The summed E-state index contributed by atoms with van der Waals surface area (Å²) in [6.45, 7) is 4.01. The van der Waals surface area contributed by atoms with E-state index >= 15 is 0 Å². The number of anilines is 3. The van der Waals surface area contributed by atoms with Crippen LogP contribution < -0.4 is 10.2 Å². The van der Waals surface area contributed by atoms with E-state index in [2.05, 4.69) is 32.0 Å². The van der Waals surface area contributed by atoms with E-state index in [0.29, 0.717) is 31.7 Å². The number of aliphatic imine (C=N–C) groups is 1. The molecule has 0 atom stereocenters. The van der Waals surface area contributed by atoms with E-state index in [4.69, 9.17) is 4.74 Å². The molecule has 0 aliphatic carbocycles. The molecule has 0 radical (unpaired) electrons. The lowest BCUT2D eigenvalue weighted by Gasteiger charge is -2.33. The minimum Gasteiger partial charge on any atom is -0.381 e. The summed E-state index contributed by atoms with van der Waals surface area (Å²) in [5, 5.41) is 2.75. The number of pyridine rings is 1. The van der Waals surface area contributed by atoms with Gasteiger partial charge in [-0.25, -0.2) is 18.7 Å². The second kappa shape index (κ2) is 8.23. The maximum Gasteiger partial charge on any atom is 0.416 e. The molecular weight excluding hydrogens is 435 g/mol. The van der Waals surface area contributed by atoms with Crippen LogP contribution in [-0.4, -0.2) is 53.9 Å². The third kappa shape index (κ3) is 4.64. The average molecular weight is 456 g/mol. The van der Waals surface area contributed by atoms with Crippen molar-refractivity contribution in [2.45, 2.75) is 36.9 Å². The molecule has 2 saturated heterocycles. The van der Waals surface area contributed by atoms with Gasteiger partial charge >= 0.3 is 6.18 Å². The van der Waals surface area contributed by atoms with Gasteiger partial charge in [0.05, 0.1) is 17.8 Å². The number of nitrogens with one attached hydrogen (secondary N) is 1. The summed E-state index contributed by atoms with van der Waals surface area (Å²) < 4.78 is 72.2. The summed E-state index contributed by atoms with van der Waals surface area (Å²) in [7, 11) is 0. The third-order valence-corrected chi connectivity index (χ3v) is 5.61. The predicted octanol–water partition coefficient (Wildman–Crippen LogP) is 4.19. The molecule has 4 rings (SSSR count). The van der Waals surface area contributed by atoms with Gasteiger partial charge in [-0.2, -0.15) is 18.2 Å². The van der Waals surface area contributed by atoms with Crippen molar-refractivity contribution in [1.29, 1.82) is 0 Å². The fourth-order valence-corrected chi connectivity index (χ4v) is 3.80. The number of nitrogens with zero attached hydrogens (tertiary/aromatic N) is 5. The zero-order chi connectivity index (χ0) is 23.0. The molecule has 12 heteroatoms. The fraction of sp³-hybridized carbons (Fsp3) is 0.500. The summed E-state index contributed by atoms with van der Waals surface area (Å²) >= 11 is 0.